The third-order valence-corrected chi connectivity index (χ3v) is 4.75. The minimum Gasteiger partial charge on any atom is -0.489 e. The number of rotatable bonds is 13. The smallest absolute Gasteiger partial charge is 0.303 e. The highest BCUT2D eigenvalue weighted by molar-refractivity contribution is 5.66. The lowest BCUT2D eigenvalue weighted by Gasteiger charge is -2.09. The molecule has 2 aromatic carbocycles. The van der Waals surface area contributed by atoms with E-state index in [0.717, 1.165) is 37.9 Å². The van der Waals surface area contributed by atoms with Crippen LogP contribution in [-0.4, -0.2) is 11.1 Å². The molecule has 1 N–H and O–H groups in total. The van der Waals surface area contributed by atoms with E-state index in [9.17, 15) is 4.79 Å². The van der Waals surface area contributed by atoms with E-state index in [1.807, 2.05) is 12.1 Å². The lowest BCUT2D eigenvalue weighted by Crippen LogP contribution is -1.97. The van der Waals surface area contributed by atoms with Gasteiger partial charge < -0.3 is 9.84 Å². The van der Waals surface area contributed by atoms with Gasteiger partial charge in [0.15, 0.2) is 0 Å². The number of unbranched alkanes of at least 4 members (excludes halogenated alkanes) is 4. The maximum atomic E-state index is 10.5. The van der Waals surface area contributed by atoms with E-state index in [0.29, 0.717) is 6.61 Å². The fourth-order valence-corrected chi connectivity index (χ4v) is 3.12. The molecule has 0 aromatic heterocycles. The van der Waals surface area contributed by atoms with E-state index in [4.69, 9.17) is 9.84 Å². The average Bonchev–Trinajstić information content (AvgIpc) is 2.67. The zero-order chi connectivity index (χ0) is 19.3. The molecule has 0 radical (unpaired) electrons. The molecule has 2 rings (SSSR count). The predicted molar refractivity (Wildman–Crippen MR) is 110 cm³/mol. The molecule has 0 aliphatic carbocycles. The molecule has 0 bridgehead atoms. The Morgan fingerprint density at radius 2 is 1.56 bits per heavy atom. The van der Waals surface area contributed by atoms with Crippen molar-refractivity contribution in [3.8, 4) is 5.75 Å². The largest absolute Gasteiger partial charge is 0.489 e. The molecule has 0 fully saturated rings. The second-order valence-electron chi connectivity index (χ2n) is 7.16. The summed E-state index contributed by atoms with van der Waals surface area (Å²) in [6.45, 7) is 2.81. The van der Waals surface area contributed by atoms with Crippen molar-refractivity contribution in [1.29, 1.82) is 0 Å². The fraction of sp³-hybridized carbons (Fsp3) is 0.458. The number of ether oxygens (including phenoxy) is 1. The third kappa shape index (κ3) is 8.76. The van der Waals surface area contributed by atoms with E-state index in [1.54, 1.807) is 0 Å². The van der Waals surface area contributed by atoms with Crippen molar-refractivity contribution >= 4 is 5.97 Å². The summed E-state index contributed by atoms with van der Waals surface area (Å²) in [4.78, 5) is 10.5. The summed E-state index contributed by atoms with van der Waals surface area (Å²) in [5, 5.41) is 8.67. The van der Waals surface area contributed by atoms with Crippen LogP contribution in [0.1, 0.15) is 68.6 Å². The standard InChI is InChI=1S/C24H32O3/c1-2-3-5-9-20-14-16-22(17-15-20)19-27-23-12-8-11-21(18-23)10-6-4-7-13-24(25)26/h8,11-12,14-18H,2-7,9-10,13,19H2,1H3,(H,25,26). The number of benzene rings is 2. The molecule has 27 heavy (non-hydrogen) atoms. The summed E-state index contributed by atoms with van der Waals surface area (Å²) in [6, 6.07) is 17.0. The summed E-state index contributed by atoms with van der Waals surface area (Å²) in [6.07, 6.45) is 8.90. The first-order valence-electron chi connectivity index (χ1n) is 10.2. The molecule has 146 valence electrons. The first-order valence-corrected chi connectivity index (χ1v) is 10.2. The molecular weight excluding hydrogens is 336 g/mol. The Morgan fingerprint density at radius 1 is 0.852 bits per heavy atom. The van der Waals surface area contributed by atoms with Gasteiger partial charge in [0.05, 0.1) is 0 Å². The van der Waals surface area contributed by atoms with Crippen LogP contribution in [-0.2, 0) is 24.2 Å². The molecule has 3 nitrogen and oxygen atoms in total. The van der Waals surface area contributed by atoms with E-state index in [2.05, 4.69) is 43.3 Å². The van der Waals surface area contributed by atoms with E-state index in [1.165, 1.54) is 36.0 Å². The highest BCUT2D eigenvalue weighted by Crippen LogP contribution is 2.18. The normalized spacial score (nSPS) is 10.7. The van der Waals surface area contributed by atoms with Gasteiger partial charge in [0, 0.05) is 6.42 Å². The summed E-state index contributed by atoms with van der Waals surface area (Å²) in [7, 11) is 0. The van der Waals surface area contributed by atoms with E-state index in [-0.39, 0.29) is 6.42 Å². The van der Waals surface area contributed by atoms with Gasteiger partial charge in [-0.3, -0.25) is 4.79 Å². The Kier molecular flexibility index (Phi) is 9.47. The number of carboxylic acid groups (broad SMARTS) is 1. The minimum absolute atomic E-state index is 0.264. The Bertz CT molecular complexity index is 676. The highest BCUT2D eigenvalue weighted by Gasteiger charge is 2.01. The summed E-state index contributed by atoms with van der Waals surface area (Å²) >= 11 is 0. The van der Waals surface area contributed by atoms with Gasteiger partial charge in [0.25, 0.3) is 0 Å². The maximum Gasteiger partial charge on any atom is 0.303 e. The second kappa shape index (κ2) is 12.2. The van der Waals surface area contributed by atoms with Crippen LogP contribution in [0, 0.1) is 0 Å². The quantitative estimate of drug-likeness (QED) is 0.429. The molecule has 0 saturated carbocycles. The fourth-order valence-electron chi connectivity index (χ4n) is 3.12. The van der Waals surface area contributed by atoms with Crippen molar-refractivity contribution in [3.05, 3.63) is 65.2 Å². The van der Waals surface area contributed by atoms with Crippen LogP contribution in [0.3, 0.4) is 0 Å². The third-order valence-electron chi connectivity index (χ3n) is 4.75. The van der Waals surface area contributed by atoms with Gasteiger partial charge in [-0.2, -0.15) is 0 Å². The van der Waals surface area contributed by atoms with Gasteiger partial charge in [0.2, 0.25) is 0 Å². The molecular formula is C24H32O3. The predicted octanol–water partition coefficient (Wildman–Crippen LogP) is 6.19. The van der Waals surface area contributed by atoms with Crippen LogP contribution in [0.2, 0.25) is 0 Å². The summed E-state index contributed by atoms with van der Waals surface area (Å²) in [5.41, 5.74) is 3.83. The molecule has 0 aliphatic rings. The summed E-state index contributed by atoms with van der Waals surface area (Å²) < 4.78 is 5.95. The molecule has 0 amide bonds. The Hall–Kier alpha value is -2.29. The molecule has 0 saturated heterocycles. The number of carboxylic acids is 1. The second-order valence-corrected chi connectivity index (χ2v) is 7.16. The van der Waals surface area contributed by atoms with Crippen molar-refractivity contribution < 1.29 is 14.6 Å². The van der Waals surface area contributed by atoms with Crippen LogP contribution >= 0.6 is 0 Å². The zero-order valence-electron chi connectivity index (χ0n) is 16.5. The lowest BCUT2D eigenvalue weighted by atomic mass is 10.1. The number of aliphatic carboxylic acids is 1. The monoisotopic (exact) mass is 368 g/mol. The molecule has 3 heteroatoms. The number of hydrogen-bond donors (Lipinski definition) is 1. The molecule has 0 aliphatic heterocycles. The summed E-state index contributed by atoms with van der Waals surface area (Å²) in [5.74, 6) is 0.185. The zero-order valence-corrected chi connectivity index (χ0v) is 16.5. The Labute approximate surface area is 163 Å². The van der Waals surface area contributed by atoms with E-state index >= 15 is 0 Å². The van der Waals surface area contributed by atoms with Crippen molar-refractivity contribution in [2.24, 2.45) is 0 Å². The van der Waals surface area contributed by atoms with Crippen molar-refractivity contribution in [2.75, 3.05) is 0 Å². The van der Waals surface area contributed by atoms with E-state index < -0.39 is 5.97 Å². The van der Waals surface area contributed by atoms with Crippen LogP contribution in [0.25, 0.3) is 0 Å². The SMILES string of the molecule is CCCCCc1ccc(COc2cccc(CCCCCC(=O)O)c2)cc1. The van der Waals surface area contributed by atoms with Crippen LogP contribution in [0.5, 0.6) is 5.75 Å². The minimum atomic E-state index is -0.709. The number of hydrogen-bond acceptors (Lipinski definition) is 2. The van der Waals surface area contributed by atoms with Gasteiger partial charge in [0.1, 0.15) is 12.4 Å². The van der Waals surface area contributed by atoms with Gasteiger partial charge in [-0.25, -0.2) is 0 Å². The highest BCUT2D eigenvalue weighted by atomic mass is 16.5. The maximum absolute atomic E-state index is 10.5. The first kappa shape index (κ1) is 21.0. The molecule has 0 spiro atoms. The lowest BCUT2D eigenvalue weighted by molar-refractivity contribution is -0.137. The van der Waals surface area contributed by atoms with Crippen LogP contribution in [0.15, 0.2) is 48.5 Å². The van der Waals surface area contributed by atoms with Crippen LogP contribution < -0.4 is 4.74 Å². The Balaban J connectivity index is 1.74. The molecule has 2 aromatic rings. The topological polar surface area (TPSA) is 46.5 Å². The van der Waals surface area contributed by atoms with Gasteiger partial charge >= 0.3 is 5.97 Å². The Morgan fingerprint density at radius 3 is 2.30 bits per heavy atom. The molecule has 0 unspecified atom stereocenters. The van der Waals surface area contributed by atoms with Crippen molar-refractivity contribution in [3.63, 3.8) is 0 Å². The van der Waals surface area contributed by atoms with Gasteiger partial charge in [-0.15, -0.1) is 0 Å². The average molecular weight is 369 g/mol. The first-order chi connectivity index (χ1) is 13.2. The molecule has 0 atom stereocenters. The number of aryl methyl sites for hydroxylation is 2. The van der Waals surface area contributed by atoms with Crippen molar-refractivity contribution in [2.45, 2.75) is 71.3 Å². The van der Waals surface area contributed by atoms with Gasteiger partial charge in [-0.05, 0) is 60.9 Å². The number of carbonyl (C=O) groups is 1. The molecule has 0 heterocycles. The van der Waals surface area contributed by atoms with Gasteiger partial charge in [-0.1, -0.05) is 62.6 Å². The van der Waals surface area contributed by atoms with Crippen molar-refractivity contribution in [1.82, 2.24) is 0 Å². The van der Waals surface area contributed by atoms with Crippen LogP contribution in [0.4, 0.5) is 0 Å².